The first-order valence-corrected chi connectivity index (χ1v) is 7.51. The Morgan fingerprint density at radius 2 is 2.00 bits per heavy atom. The third-order valence-electron chi connectivity index (χ3n) is 3.91. The predicted octanol–water partition coefficient (Wildman–Crippen LogP) is 1.51. The number of carbonyl (C=O) groups is 2. The molecule has 1 aromatic heterocycles. The molecule has 0 unspecified atom stereocenters. The number of carboxylic acid groups (broad SMARTS) is 1. The Labute approximate surface area is 133 Å². The van der Waals surface area contributed by atoms with Crippen LogP contribution in [0.1, 0.15) is 40.5 Å². The standard InChI is InChI=1S/C16H18N4O3/c1-19(9-11-5-3-2-4-6-11)13(21)10-20-15(12-7-8-12)14(16(22)23)17-18-20/h2-6,12H,7-10H2,1H3,(H,22,23). The Morgan fingerprint density at radius 3 is 2.61 bits per heavy atom. The van der Waals surface area contributed by atoms with Crippen molar-refractivity contribution in [2.24, 2.45) is 0 Å². The van der Waals surface area contributed by atoms with Crippen LogP contribution in [0, 0.1) is 0 Å². The lowest BCUT2D eigenvalue weighted by Crippen LogP contribution is -2.30. The highest BCUT2D eigenvalue weighted by molar-refractivity contribution is 5.87. The number of likely N-dealkylation sites (N-methyl/N-ethyl adjacent to an activating group) is 1. The number of amides is 1. The molecule has 1 fully saturated rings. The molecular weight excluding hydrogens is 296 g/mol. The Kier molecular flexibility index (Phi) is 4.10. The third-order valence-corrected chi connectivity index (χ3v) is 3.91. The van der Waals surface area contributed by atoms with Gasteiger partial charge in [0, 0.05) is 19.5 Å². The summed E-state index contributed by atoms with van der Waals surface area (Å²) in [5.74, 6) is -1.07. The van der Waals surface area contributed by atoms with Crippen LogP contribution in [0.3, 0.4) is 0 Å². The van der Waals surface area contributed by atoms with Crippen molar-refractivity contribution in [3.05, 3.63) is 47.3 Å². The van der Waals surface area contributed by atoms with Gasteiger partial charge in [-0.15, -0.1) is 5.10 Å². The number of nitrogens with zero attached hydrogens (tertiary/aromatic N) is 4. The first-order chi connectivity index (χ1) is 11.1. The molecule has 0 aliphatic heterocycles. The van der Waals surface area contributed by atoms with Crippen molar-refractivity contribution >= 4 is 11.9 Å². The highest BCUT2D eigenvalue weighted by Crippen LogP contribution is 2.41. The van der Waals surface area contributed by atoms with Crippen LogP contribution >= 0.6 is 0 Å². The summed E-state index contributed by atoms with van der Waals surface area (Å²) < 4.78 is 1.44. The van der Waals surface area contributed by atoms with Gasteiger partial charge in [-0.1, -0.05) is 35.5 Å². The van der Waals surface area contributed by atoms with Crippen molar-refractivity contribution in [3.63, 3.8) is 0 Å². The number of aromatic carboxylic acids is 1. The second-order valence-electron chi connectivity index (χ2n) is 5.80. The quantitative estimate of drug-likeness (QED) is 0.873. The van der Waals surface area contributed by atoms with Crippen LogP contribution < -0.4 is 0 Å². The van der Waals surface area contributed by atoms with Gasteiger partial charge in [0.05, 0.1) is 5.69 Å². The van der Waals surface area contributed by atoms with Crippen LogP contribution in [0.4, 0.5) is 0 Å². The maximum Gasteiger partial charge on any atom is 0.358 e. The summed E-state index contributed by atoms with van der Waals surface area (Å²) in [5.41, 5.74) is 1.57. The van der Waals surface area contributed by atoms with E-state index in [2.05, 4.69) is 10.3 Å². The van der Waals surface area contributed by atoms with E-state index in [4.69, 9.17) is 0 Å². The Bertz CT molecular complexity index is 722. The molecule has 1 aromatic carbocycles. The molecule has 0 atom stereocenters. The number of carboxylic acids is 1. The number of hydrogen-bond donors (Lipinski definition) is 1. The van der Waals surface area contributed by atoms with Crippen LogP contribution in [0.15, 0.2) is 30.3 Å². The van der Waals surface area contributed by atoms with E-state index in [1.54, 1.807) is 11.9 Å². The smallest absolute Gasteiger partial charge is 0.358 e. The van der Waals surface area contributed by atoms with E-state index in [1.165, 1.54) is 4.68 Å². The van der Waals surface area contributed by atoms with Gasteiger partial charge in [-0.25, -0.2) is 9.48 Å². The number of aromatic nitrogens is 3. The fraction of sp³-hybridized carbons (Fsp3) is 0.375. The lowest BCUT2D eigenvalue weighted by molar-refractivity contribution is -0.131. The molecule has 2 aromatic rings. The van der Waals surface area contributed by atoms with Crippen LogP contribution in [0.25, 0.3) is 0 Å². The minimum absolute atomic E-state index is 0.00937. The average molecular weight is 314 g/mol. The van der Waals surface area contributed by atoms with Gasteiger partial charge in [0.1, 0.15) is 6.54 Å². The van der Waals surface area contributed by atoms with Crippen molar-refractivity contribution in [3.8, 4) is 0 Å². The lowest BCUT2D eigenvalue weighted by atomic mass is 10.2. The van der Waals surface area contributed by atoms with Crippen LogP contribution in [0.2, 0.25) is 0 Å². The second kappa shape index (κ2) is 6.20. The van der Waals surface area contributed by atoms with Gasteiger partial charge in [-0.2, -0.15) is 0 Å². The maximum absolute atomic E-state index is 12.4. The number of benzene rings is 1. The van der Waals surface area contributed by atoms with Crippen LogP contribution in [-0.4, -0.2) is 43.9 Å². The van der Waals surface area contributed by atoms with Gasteiger partial charge in [0.2, 0.25) is 5.91 Å². The molecule has 23 heavy (non-hydrogen) atoms. The lowest BCUT2D eigenvalue weighted by Gasteiger charge is -2.17. The Morgan fingerprint density at radius 1 is 1.30 bits per heavy atom. The third kappa shape index (κ3) is 3.39. The van der Waals surface area contributed by atoms with Crippen LogP contribution in [0.5, 0.6) is 0 Å². The average Bonchev–Trinajstić information content (AvgIpc) is 3.28. The van der Waals surface area contributed by atoms with E-state index in [1.807, 2.05) is 30.3 Å². The molecule has 1 aliphatic rings. The van der Waals surface area contributed by atoms with Crippen molar-refractivity contribution in [1.29, 1.82) is 0 Å². The largest absolute Gasteiger partial charge is 0.476 e. The summed E-state index contributed by atoms with van der Waals surface area (Å²) in [4.78, 5) is 25.2. The van der Waals surface area contributed by atoms with Gasteiger partial charge >= 0.3 is 5.97 Å². The zero-order chi connectivity index (χ0) is 16.4. The Balaban J connectivity index is 1.71. The first kappa shape index (κ1) is 15.2. The zero-order valence-corrected chi connectivity index (χ0v) is 12.8. The molecule has 0 bridgehead atoms. The highest BCUT2D eigenvalue weighted by Gasteiger charge is 2.34. The van der Waals surface area contributed by atoms with Gasteiger partial charge in [-0.3, -0.25) is 4.79 Å². The fourth-order valence-corrected chi connectivity index (χ4v) is 2.54. The van der Waals surface area contributed by atoms with Crippen molar-refractivity contribution in [2.45, 2.75) is 31.8 Å². The van der Waals surface area contributed by atoms with E-state index in [0.717, 1.165) is 18.4 Å². The molecule has 120 valence electrons. The summed E-state index contributed by atoms with van der Waals surface area (Å²) in [6.45, 7) is 0.508. The van der Waals surface area contributed by atoms with Crippen molar-refractivity contribution in [1.82, 2.24) is 19.9 Å². The highest BCUT2D eigenvalue weighted by atomic mass is 16.4. The van der Waals surface area contributed by atoms with E-state index >= 15 is 0 Å². The van der Waals surface area contributed by atoms with E-state index < -0.39 is 5.97 Å². The van der Waals surface area contributed by atoms with Gasteiger partial charge < -0.3 is 10.0 Å². The van der Waals surface area contributed by atoms with Gasteiger partial charge in [0.25, 0.3) is 0 Å². The van der Waals surface area contributed by atoms with Crippen molar-refractivity contribution < 1.29 is 14.7 Å². The van der Waals surface area contributed by atoms with E-state index in [-0.39, 0.29) is 24.1 Å². The van der Waals surface area contributed by atoms with Crippen molar-refractivity contribution in [2.75, 3.05) is 7.05 Å². The zero-order valence-electron chi connectivity index (χ0n) is 12.8. The fourth-order valence-electron chi connectivity index (χ4n) is 2.54. The topological polar surface area (TPSA) is 88.3 Å². The molecule has 1 amide bonds. The molecular formula is C16H18N4O3. The van der Waals surface area contributed by atoms with Crippen LogP contribution in [-0.2, 0) is 17.9 Å². The Hall–Kier alpha value is -2.70. The molecule has 1 aliphatic carbocycles. The number of carbonyl (C=O) groups excluding carboxylic acids is 1. The molecule has 0 spiro atoms. The van der Waals surface area contributed by atoms with Gasteiger partial charge in [0.15, 0.2) is 5.69 Å². The van der Waals surface area contributed by atoms with Gasteiger partial charge in [-0.05, 0) is 18.4 Å². The number of hydrogen-bond acceptors (Lipinski definition) is 4. The monoisotopic (exact) mass is 314 g/mol. The molecule has 0 radical (unpaired) electrons. The van der Waals surface area contributed by atoms with E-state index in [9.17, 15) is 14.7 Å². The predicted molar refractivity (Wildman–Crippen MR) is 81.9 cm³/mol. The normalized spacial score (nSPS) is 13.8. The summed E-state index contributed by atoms with van der Waals surface area (Å²) in [6, 6.07) is 9.69. The summed E-state index contributed by atoms with van der Waals surface area (Å²) in [7, 11) is 1.72. The molecule has 3 rings (SSSR count). The minimum atomic E-state index is -1.09. The summed E-state index contributed by atoms with van der Waals surface area (Å²) >= 11 is 0. The van der Waals surface area contributed by atoms with E-state index in [0.29, 0.717) is 12.2 Å². The first-order valence-electron chi connectivity index (χ1n) is 7.51. The minimum Gasteiger partial charge on any atom is -0.476 e. The summed E-state index contributed by atoms with van der Waals surface area (Å²) in [6.07, 6.45) is 1.84. The maximum atomic E-state index is 12.4. The molecule has 1 N–H and O–H groups in total. The molecule has 7 heteroatoms. The summed E-state index contributed by atoms with van der Waals surface area (Å²) in [5, 5.41) is 16.8. The molecule has 1 heterocycles. The second-order valence-corrected chi connectivity index (χ2v) is 5.80. The molecule has 7 nitrogen and oxygen atoms in total. The molecule has 1 saturated carbocycles. The number of rotatable bonds is 6. The molecule has 0 saturated heterocycles. The SMILES string of the molecule is CN(Cc1ccccc1)C(=O)Cn1nnc(C(=O)O)c1C1CC1.